The van der Waals surface area contributed by atoms with Crippen LogP contribution in [0.5, 0.6) is 11.5 Å². The molecule has 184 valence electrons. The van der Waals surface area contributed by atoms with Crippen molar-refractivity contribution >= 4 is 50.9 Å². The third-order valence-corrected chi connectivity index (χ3v) is 7.96. The number of nitrogens with one attached hydrogen (secondary N) is 1. The summed E-state index contributed by atoms with van der Waals surface area (Å²) in [5.41, 5.74) is 3.30. The van der Waals surface area contributed by atoms with Crippen molar-refractivity contribution in [2.45, 2.75) is 32.3 Å². The van der Waals surface area contributed by atoms with E-state index in [9.17, 15) is 20.6 Å². The topological polar surface area (TPSA) is 119 Å². The Morgan fingerprint density at radius 3 is 2.68 bits per heavy atom. The first-order valence-electron chi connectivity index (χ1n) is 11.4. The predicted molar refractivity (Wildman–Crippen MR) is 149 cm³/mol. The molecule has 0 saturated heterocycles. The quantitative estimate of drug-likeness (QED) is 0.194. The molecule has 1 aliphatic carbocycles. The Hall–Kier alpha value is -3.85. The molecule has 2 aromatic carbocycles. The van der Waals surface area contributed by atoms with E-state index in [2.05, 4.69) is 40.0 Å². The molecular formula is C28H21IN4O3S. The van der Waals surface area contributed by atoms with Gasteiger partial charge in [-0.15, -0.1) is 11.3 Å². The van der Waals surface area contributed by atoms with Gasteiger partial charge >= 0.3 is 0 Å². The number of hydrogen-bond acceptors (Lipinski definition) is 7. The van der Waals surface area contributed by atoms with Crippen LogP contribution in [0.4, 0.5) is 5.00 Å². The predicted octanol–water partition coefficient (Wildman–Crippen LogP) is 6.11. The number of anilines is 1. The van der Waals surface area contributed by atoms with Gasteiger partial charge in [-0.05, 0) is 83.7 Å². The highest BCUT2D eigenvalue weighted by Gasteiger charge is 2.23. The number of ether oxygens (including phenoxy) is 2. The Kier molecular flexibility index (Phi) is 8.45. The lowest BCUT2D eigenvalue weighted by atomic mass is 9.96. The minimum absolute atomic E-state index is 0.0928. The summed E-state index contributed by atoms with van der Waals surface area (Å²) >= 11 is 3.52. The van der Waals surface area contributed by atoms with E-state index in [0.29, 0.717) is 36.8 Å². The second-order valence-electron chi connectivity index (χ2n) is 8.24. The summed E-state index contributed by atoms with van der Waals surface area (Å²) in [4.78, 5) is 14.1. The first-order chi connectivity index (χ1) is 18.0. The maximum Gasteiger partial charge on any atom is 0.266 e. The van der Waals surface area contributed by atoms with Crippen molar-refractivity contribution in [3.05, 3.63) is 78.2 Å². The lowest BCUT2D eigenvalue weighted by molar-refractivity contribution is -0.112. The molecule has 0 fully saturated rings. The molecule has 3 aromatic rings. The fourth-order valence-electron chi connectivity index (χ4n) is 4.13. The van der Waals surface area contributed by atoms with Gasteiger partial charge in [0.1, 0.15) is 29.3 Å². The first kappa shape index (κ1) is 26.2. The van der Waals surface area contributed by atoms with Crippen LogP contribution in [0.2, 0.25) is 0 Å². The third-order valence-electron chi connectivity index (χ3n) is 5.95. The van der Waals surface area contributed by atoms with E-state index in [1.807, 2.05) is 18.2 Å². The van der Waals surface area contributed by atoms with Gasteiger partial charge < -0.3 is 14.8 Å². The number of aryl methyl sites for hydroxylation is 1. The molecule has 4 rings (SSSR count). The maximum atomic E-state index is 13.0. The van der Waals surface area contributed by atoms with Crippen LogP contribution in [-0.2, 0) is 24.2 Å². The minimum Gasteiger partial charge on any atom is -0.493 e. The summed E-state index contributed by atoms with van der Waals surface area (Å²) in [6.45, 7) is 0.184. The van der Waals surface area contributed by atoms with Crippen molar-refractivity contribution < 1.29 is 14.3 Å². The van der Waals surface area contributed by atoms with Crippen molar-refractivity contribution in [3.63, 3.8) is 0 Å². The SMILES string of the molecule is COc1cc(/C=C(\C#N)C(=O)Nc2sc3c(c2C#N)CCCC3)cc(I)c1OCc1ccccc1C#N. The normalized spacial score (nSPS) is 12.5. The summed E-state index contributed by atoms with van der Waals surface area (Å²) in [6, 6.07) is 17.0. The van der Waals surface area contributed by atoms with E-state index in [4.69, 9.17) is 9.47 Å². The van der Waals surface area contributed by atoms with Gasteiger partial charge in [0.2, 0.25) is 0 Å². The molecule has 1 amide bonds. The van der Waals surface area contributed by atoms with E-state index in [0.717, 1.165) is 41.7 Å². The number of nitrogens with zero attached hydrogens (tertiary/aromatic N) is 3. The van der Waals surface area contributed by atoms with E-state index >= 15 is 0 Å². The van der Waals surface area contributed by atoms with Gasteiger partial charge in [0.15, 0.2) is 11.5 Å². The van der Waals surface area contributed by atoms with Gasteiger partial charge in [0.05, 0.1) is 27.9 Å². The van der Waals surface area contributed by atoms with Crippen molar-refractivity contribution in [1.82, 2.24) is 0 Å². The minimum atomic E-state index is -0.569. The van der Waals surface area contributed by atoms with Crippen molar-refractivity contribution in [3.8, 4) is 29.7 Å². The number of methoxy groups -OCH3 is 1. The number of hydrogen-bond donors (Lipinski definition) is 1. The van der Waals surface area contributed by atoms with Crippen LogP contribution < -0.4 is 14.8 Å². The highest BCUT2D eigenvalue weighted by atomic mass is 127. The van der Waals surface area contributed by atoms with Crippen LogP contribution in [0.15, 0.2) is 42.0 Å². The number of fused-ring (bicyclic) bond motifs is 1. The molecule has 1 heterocycles. The molecule has 1 aromatic heterocycles. The second-order valence-corrected chi connectivity index (χ2v) is 10.5. The number of rotatable bonds is 7. The van der Waals surface area contributed by atoms with Crippen LogP contribution in [0.25, 0.3) is 6.08 Å². The summed E-state index contributed by atoms with van der Waals surface area (Å²) < 4.78 is 12.2. The number of benzene rings is 2. The molecular weight excluding hydrogens is 599 g/mol. The van der Waals surface area contributed by atoms with Gasteiger partial charge in [-0.3, -0.25) is 4.79 Å². The highest BCUT2D eigenvalue weighted by Crippen LogP contribution is 2.38. The van der Waals surface area contributed by atoms with E-state index in [-0.39, 0.29) is 12.2 Å². The lowest BCUT2D eigenvalue weighted by Crippen LogP contribution is -2.13. The average molecular weight is 620 g/mol. The summed E-state index contributed by atoms with van der Waals surface area (Å²) in [5.74, 6) is 0.363. The zero-order valence-electron chi connectivity index (χ0n) is 19.9. The zero-order chi connectivity index (χ0) is 26.4. The summed E-state index contributed by atoms with van der Waals surface area (Å²) in [5, 5.41) is 31.9. The maximum absolute atomic E-state index is 13.0. The van der Waals surface area contributed by atoms with Crippen LogP contribution in [0, 0.1) is 37.6 Å². The van der Waals surface area contributed by atoms with E-state index < -0.39 is 5.91 Å². The number of halogens is 1. The number of carbonyl (C=O) groups excluding carboxylic acids is 1. The fraction of sp³-hybridized carbons (Fsp3) is 0.214. The van der Waals surface area contributed by atoms with Crippen molar-refractivity contribution in [2.24, 2.45) is 0 Å². The third kappa shape index (κ3) is 5.77. The molecule has 9 heteroatoms. The smallest absolute Gasteiger partial charge is 0.266 e. The Morgan fingerprint density at radius 1 is 1.16 bits per heavy atom. The van der Waals surface area contributed by atoms with Gasteiger partial charge in [-0.2, -0.15) is 15.8 Å². The average Bonchev–Trinajstić information content (AvgIpc) is 3.27. The van der Waals surface area contributed by atoms with Crippen LogP contribution in [0.3, 0.4) is 0 Å². The molecule has 0 aliphatic heterocycles. The molecule has 0 atom stereocenters. The highest BCUT2D eigenvalue weighted by molar-refractivity contribution is 14.1. The number of nitriles is 3. The van der Waals surface area contributed by atoms with Crippen LogP contribution >= 0.6 is 33.9 Å². The van der Waals surface area contributed by atoms with Crippen LogP contribution in [-0.4, -0.2) is 13.0 Å². The molecule has 1 aliphatic rings. The summed E-state index contributed by atoms with van der Waals surface area (Å²) in [7, 11) is 1.51. The second kappa shape index (κ2) is 11.9. The largest absolute Gasteiger partial charge is 0.493 e. The monoisotopic (exact) mass is 620 g/mol. The fourth-order valence-corrected chi connectivity index (χ4v) is 6.14. The van der Waals surface area contributed by atoms with Gasteiger partial charge in [0.25, 0.3) is 5.91 Å². The van der Waals surface area contributed by atoms with E-state index in [1.54, 1.807) is 24.3 Å². The number of amides is 1. The lowest BCUT2D eigenvalue weighted by Gasteiger charge is -2.14. The van der Waals surface area contributed by atoms with Crippen molar-refractivity contribution in [2.75, 3.05) is 12.4 Å². The molecule has 37 heavy (non-hydrogen) atoms. The standard InChI is InChI=1S/C28H21IN4O3S/c1-35-24-12-17(11-23(29)26(24)36-16-19-7-3-2-6-18(19)13-30)10-20(14-31)27(34)33-28-22(15-32)21-8-4-5-9-25(21)37-28/h2-3,6-7,10-12H,4-5,8-9,16H2,1H3,(H,33,34)/b20-10+. The van der Waals surface area contributed by atoms with Gasteiger partial charge in [-0.1, -0.05) is 18.2 Å². The van der Waals surface area contributed by atoms with Crippen molar-refractivity contribution in [1.29, 1.82) is 15.8 Å². The van der Waals surface area contributed by atoms with Crippen LogP contribution in [0.1, 0.15) is 45.5 Å². The first-order valence-corrected chi connectivity index (χ1v) is 13.3. The molecule has 1 N–H and O–H groups in total. The Morgan fingerprint density at radius 2 is 1.95 bits per heavy atom. The Balaban J connectivity index is 1.57. The molecule has 0 spiro atoms. The van der Waals surface area contributed by atoms with E-state index in [1.165, 1.54) is 24.5 Å². The summed E-state index contributed by atoms with van der Waals surface area (Å²) in [6.07, 6.45) is 5.31. The molecule has 0 saturated carbocycles. The Bertz CT molecular complexity index is 1520. The molecule has 7 nitrogen and oxygen atoms in total. The van der Waals surface area contributed by atoms with Gasteiger partial charge in [0, 0.05) is 10.4 Å². The zero-order valence-corrected chi connectivity index (χ0v) is 22.9. The molecule has 0 bridgehead atoms. The molecule has 0 unspecified atom stereocenters. The van der Waals surface area contributed by atoms with Gasteiger partial charge in [-0.25, -0.2) is 0 Å². The molecule has 0 radical (unpaired) electrons. The Labute approximate surface area is 232 Å². The number of carbonyl (C=O) groups is 1. The number of thiophene rings is 1.